The molecule has 0 aliphatic carbocycles. The van der Waals surface area contributed by atoms with Gasteiger partial charge in [0.2, 0.25) is 0 Å². The number of benzene rings is 1. The van der Waals surface area contributed by atoms with Crippen LogP contribution in [0.4, 0.5) is 0 Å². The van der Waals surface area contributed by atoms with Gasteiger partial charge in [0.15, 0.2) is 0 Å². The summed E-state index contributed by atoms with van der Waals surface area (Å²) in [6.45, 7) is 8.00. The van der Waals surface area contributed by atoms with Gasteiger partial charge in [-0.2, -0.15) is 8.42 Å². The van der Waals surface area contributed by atoms with E-state index in [-0.39, 0.29) is 4.90 Å². The van der Waals surface area contributed by atoms with Crippen LogP contribution in [0.2, 0.25) is 0 Å². The van der Waals surface area contributed by atoms with E-state index in [2.05, 4.69) is 0 Å². The molecule has 0 heterocycles. The van der Waals surface area contributed by atoms with E-state index in [0.717, 1.165) is 0 Å². The summed E-state index contributed by atoms with van der Waals surface area (Å²) in [4.78, 5) is -0.0741. The van der Waals surface area contributed by atoms with Crippen molar-refractivity contribution in [3.05, 3.63) is 30.3 Å². The van der Waals surface area contributed by atoms with Gasteiger partial charge in [-0.1, -0.05) is 45.9 Å². The summed E-state index contributed by atoms with van der Waals surface area (Å²) >= 11 is 0. The van der Waals surface area contributed by atoms with Gasteiger partial charge < -0.3 is 0 Å². The Labute approximate surface area is 86.5 Å². The van der Waals surface area contributed by atoms with Crippen molar-refractivity contribution in [1.29, 1.82) is 0 Å². The molecule has 1 aromatic carbocycles. The third kappa shape index (κ3) is 6.62. The van der Waals surface area contributed by atoms with Crippen LogP contribution in [0, 0.1) is 0 Å². The van der Waals surface area contributed by atoms with Crippen molar-refractivity contribution < 1.29 is 13.0 Å². The molecule has 0 fully saturated rings. The quantitative estimate of drug-likeness (QED) is 0.737. The Bertz CT molecular complexity index is 303. The third-order valence-electron chi connectivity index (χ3n) is 1.04. The second kappa shape index (κ2) is 8.72. The van der Waals surface area contributed by atoms with Crippen molar-refractivity contribution in [3.63, 3.8) is 0 Å². The smallest absolute Gasteiger partial charge is 0.282 e. The first-order valence-corrected chi connectivity index (χ1v) is 6.07. The molecule has 14 heavy (non-hydrogen) atoms. The van der Waals surface area contributed by atoms with E-state index in [9.17, 15) is 8.42 Å². The van der Waals surface area contributed by atoms with Gasteiger partial charge in [-0.25, -0.2) is 0 Å². The van der Waals surface area contributed by atoms with Crippen LogP contribution in [0.3, 0.4) is 0 Å². The van der Waals surface area contributed by atoms with Crippen LogP contribution < -0.4 is 0 Å². The van der Waals surface area contributed by atoms with E-state index < -0.39 is 10.1 Å². The molecule has 0 amide bonds. The molecule has 0 radical (unpaired) electrons. The fourth-order valence-corrected chi connectivity index (χ4v) is 1.09. The maximum atomic E-state index is 10.4. The summed E-state index contributed by atoms with van der Waals surface area (Å²) in [6.07, 6.45) is 0. The lowest BCUT2D eigenvalue weighted by molar-refractivity contribution is 0.483. The van der Waals surface area contributed by atoms with Crippen molar-refractivity contribution in [1.82, 2.24) is 0 Å². The van der Waals surface area contributed by atoms with Gasteiger partial charge in [0.25, 0.3) is 10.1 Å². The molecule has 0 aliphatic heterocycles. The number of hydrogen-bond acceptors (Lipinski definition) is 2. The van der Waals surface area contributed by atoms with Crippen molar-refractivity contribution in [2.75, 3.05) is 0 Å². The van der Waals surface area contributed by atoms with Gasteiger partial charge in [-0.05, 0) is 12.1 Å². The Kier molecular flexibility index (Phi) is 9.71. The molecule has 3 nitrogen and oxygen atoms in total. The van der Waals surface area contributed by atoms with Crippen LogP contribution in [0.1, 0.15) is 27.7 Å². The van der Waals surface area contributed by atoms with Crippen LogP contribution >= 0.6 is 0 Å². The predicted octanol–water partition coefficient (Wildman–Crippen LogP) is 2.99. The minimum absolute atomic E-state index is 0.0741. The predicted molar refractivity (Wildman–Crippen MR) is 59.0 cm³/mol. The molecular formula is C10H18O3S. The molecule has 0 spiro atoms. The van der Waals surface area contributed by atoms with Crippen LogP contribution in [-0.4, -0.2) is 13.0 Å². The van der Waals surface area contributed by atoms with Gasteiger partial charge >= 0.3 is 0 Å². The average molecular weight is 218 g/mol. The minimum atomic E-state index is -4.00. The fourth-order valence-electron chi connectivity index (χ4n) is 0.592. The largest absolute Gasteiger partial charge is 0.294 e. The lowest BCUT2D eigenvalue weighted by Crippen LogP contribution is -1.96. The van der Waals surface area contributed by atoms with Gasteiger partial charge in [0.1, 0.15) is 0 Å². The highest BCUT2D eigenvalue weighted by Gasteiger charge is 2.05. The summed E-state index contributed by atoms with van der Waals surface area (Å²) < 4.78 is 29.2. The molecular weight excluding hydrogens is 200 g/mol. The maximum Gasteiger partial charge on any atom is 0.294 e. The zero-order valence-electron chi connectivity index (χ0n) is 9.06. The molecule has 1 aromatic rings. The van der Waals surface area contributed by atoms with Gasteiger partial charge in [-0.15, -0.1) is 0 Å². The summed E-state index contributed by atoms with van der Waals surface area (Å²) in [5, 5.41) is 0. The van der Waals surface area contributed by atoms with E-state index in [0.29, 0.717) is 0 Å². The fraction of sp³-hybridized carbons (Fsp3) is 0.400. The highest BCUT2D eigenvalue weighted by atomic mass is 32.2. The Hall–Kier alpha value is -0.870. The molecule has 0 bridgehead atoms. The Balaban J connectivity index is 0. The second-order valence-electron chi connectivity index (χ2n) is 1.79. The highest BCUT2D eigenvalue weighted by molar-refractivity contribution is 7.85. The summed E-state index contributed by atoms with van der Waals surface area (Å²) in [6, 6.07) is 7.42. The Morgan fingerprint density at radius 3 is 1.50 bits per heavy atom. The van der Waals surface area contributed by atoms with Crippen molar-refractivity contribution in [3.8, 4) is 0 Å². The van der Waals surface area contributed by atoms with E-state index in [1.165, 1.54) is 12.1 Å². The molecule has 82 valence electrons. The minimum Gasteiger partial charge on any atom is -0.282 e. The van der Waals surface area contributed by atoms with Gasteiger partial charge in [0, 0.05) is 0 Å². The molecule has 0 saturated heterocycles. The summed E-state index contributed by atoms with van der Waals surface area (Å²) in [5.74, 6) is 0. The Morgan fingerprint density at radius 2 is 1.29 bits per heavy atom. The molecule has 0 unspecified atom stereocenters. The monoisotopic (exact) mass is 218 g/mol. The van der Waals surface area contributed by atoms with Crippen molar-refractivity contribution in [2.45, 2.75) is 32.6 Å². The molecule has 0 aromatic heterocycles. The average Bonchev–Trinajstić information content (AvgIpc) is 2.24. The normalized spacial score (nSPS) is 8.93. The van der Waals surface area contributed by atoms with Crippen LogP contribution in [0.5, 0.6) is 0 Å². The molecule has 0 saturated carbocycles. The standard InChI is InChI=1S/C6H6O3S.2C2H6/c7-10(8,9)6-4-2-1-3-5-6;2*1-2/h1-5H,(H,7,8,9);2*1-2H3. The van der Waals surface area contributed by atoms with Crippen LogP contribution in [0.25, 0.3) is 0 Å². The molecule has 0 atom stereocenters. The lowest BCUT2D eigenvalue weighted by Gasteiger charge is -1.92. The summed E-state index contributed by atoms with van der Waals surface area (Å²) in [7, 11) is -4.00. The van der Waals surface area contributed by atoms with E-state index >= 15 is 0 Å². The lowest BCUT2D eigenvalue weighted by atomic mass is 10.4. The van der Waals surface area contributed by atoms with Crippen LogP contribution in [-0.2, 0) is 10.1 Å². The number of rotatable bonds is 1. The third-order valence-corrected chi connectivity index (χ3v) is 1.91. The maximum absolute atomic E-state index is 10.4. The Morgan fingerprint density at radius 1 is 0.929 bits per heavy atom. The van der Waals surface area contributed by atoms with Crippen molar-refractivity contribution >= 4 is 10.1 Å². The number of hydrogen-bond donors (Lipinski definition) is 1. The zero-order valence-corrected chi connectivity index (χ0v) is 9.88. The zero-order chi connectivity index (χ0) is 11.6. The molecule has 4 heteroatoms. The SMILES string of the molecule is CC.CC.O=S(=O)(O)c1ccccc1. The first-order chi connectivity index (χ1) is 6.61. The van der Waals surface area contributed by atoms with Gasteiger partial charge in [-0.3, -0.25) is 4.55 Å². The second-order valence-corrected chi connectivity index (χ2v) is 3.21. The van der Waals surface area contributed by atoms with E-state index in [1.54, 1.807) is 18.2 Å². The molecule has 0 aliphatic rings. The summed E-state index contributed by atoms with van der Waals surface area (Å²) in [5.41, 5.74) is 0. The topological polar surface area (TPSA) is 54.4 Å². The molecule has 1 N–H and O–H groups in total. The highest BCUT2D eigenvalue weighted by Crippen LogP contribution is 2.05. The first kappa shape index (κ1) is 15.6. The van der Waals surface area contributed by atoms with Crippen LogP contribution in [0.15, 0.2) is 35.2 Å². The molecule has 1 rings (SSSR count). The van der Waals surface area contributed by atoms with E-state index in [1.807, 2.05) is 27.7 Å². The van der Waals surface area contributed by atoms with Crippen molar-refractivity contribution in [2.24, 2.45) is 0 Å². The van der Waals surface area contributed by atoms with E-state index in [4.69, 9.17) is 4.55 Å². The first-order valence-electron chi connectivity index (χ1n) is 4.63. The van der Waals surface area contributed by atoms with Gasteiger partial charge in [0.05, 0.1) is 4.90 Å².